The van der Waals surface area contributed by atoms with Crippen LogP contribution in [0.5, 0.6) is 0 Å². The second-order valence-electron chi connectivity index (χ2n) is 5.36. The minimum atomic E-state index is -0.342. The van der Waals surface area contributed by atoms with Crippen molar-refractivity contribution < 1.29 is 14.3 Å². The molecule has 0 atom stereocenters. The number of amides is 1. The fraction of sp³-hybridized carbons (Fsp3) is 0.500. The lowest BCUT2D eigenvalue weighted by molar-refractivity contribution is -0.121. The summed E-state index contributed by atoms with van der Waals surface area (Å²) in [5.41, 5.74) is 1.21. The number of likely N-dealkylation sites (tertiary alicyclic amines) is 1. The quantitative estimate of drug-likeness (QED) is 0.863. The Labute approximate surface area is 125 Å². The molecule has 1 amide bonds. The van der Waals surface area contributed by atoms with E-state index < -0.39 is 0 Å². The summed E-state index contributed by atoms with van der Waals surface area (Å²) in [6.45, 7) is 4.04. The molecule has 0 aliphatic carbocycles. The molecule has 1 N–H and O–H groups in total. The van der Waals surface area contributed by atoms with Crippen LogP contribution in [0, 0.1) is 5.92 Å². The second-order valence-corrected chi connectivity index (χ2v) is 5.36. The van der Waals surface area contributed by atoms with Gasteiger partial charge in [0.25, 0.3) is 0 Å². The normalized spacial score (nSPS) is 16.5. The Balaban J connectivity index is 1.91. The van der Waals surface area contributed by atoms with Crippen molar-refractivity contribution in [3.8, 4) is 0 Å². The van der Waals surface area contributed by atoms with Crippen molar-refractivity contribution >= 4 is 17.6 Å². The molecular formula is C16H22N2O3. The molecule has 0 aromatic heterocycles. The Morgan fingerprint density at radius 1 is 1.24 bits per heavy atom. The minimum Gasteiger partial charge on any atom is -0.462 e. The van der Waals surface area contributed by atoms with Crippen LogP contribution in [0.4, 0.5) is 5.69 Å². The third-order valence-corrected chi connectivity index (χ3v) is 3.75. The molecule has 114 valence electrons. The average molecular weight is 290 g/mol. The van der Waals surface area contributed by atoms with E-state index in [-0.39, 0.29) is 17.8 Å². The van der Waals surface area contributed by atoms with Gasteiger partial charge >= 0.3 is 5.97 Å². The number of hydrogen-bond donors (Lipinski definition) is 1. The lowest BCUT2D eigenvalue weighted by atomic mass is 9.96. The van der Waals surface area contributed by atoms with Crippen LogP contribution in [-0.2, 0) is 9.53 Å². The first-order chi connectivity index (χ1) is 10.1. The smallest absolute Gasteiger partial charge is 0.338 e. The van der Waals surface area contributed by atoms with E-state index in [9.17, 15) is 9.59 Å². The van der Waals surface area contributed by atoms with E-state index in [1.807, 2.05) is 0 Å². The highest BCUT2D eigenvalue weighted by Crippen LogP contribution is 2.19. The molecule has 5 heteroatoms. The van der Waals surface area contributed by atoms with Gasteiger partial charge in [-0.3, -0.25) is 4.79 Å². The number of carbonyl (C=O) groups excluding carboxylic acids is 2. The highest BCUT2D eigenvalue weighted by molar-refractivity contribution is 5.94. The van der Waals surface area contributed by atoms with Gasteiger partial charge in [-0.25, -0.2) is 4.79 Å². The van der Waals surface area contributed by atoms with Gasteiger partial charge in [-0.2, -0.15) is 0 Å². The van der Waals surface area contributed by atoms with Gasteiger partial charge in [-0.1, -0.05) is 0 Å². The Kier molecular flexibility index (Phi) is 5.33. The van der Waals surface area contributed by atoms with Crippen LogP contribution in [0.15, 0.2) is 24.3 Å². The first-order valence-electron chi connectivity index (χ1n) is 7.36. The summed E-state index contributed by atoms with van der Waals surface area (Å²) in [7, 11) is 2.07. The maximum absolute atomic E-state index is 12.2. The zero-order valence-electron chi connectivity index (χ0n) is 12.6. The summed E-state index contributed by atoms with van der Waals surface area (Å²) in [5.74, 6) is -0.205. The summed E-state index contributed by atoms with van der Waals surface area (Å²) in [5, 5.41) is 2.92. The van der Waals surface area contributed by atoms with Crippen molar-refractivity contribution in [2.45, 2.75) is 19.8 Å². The molecule has 0 unspecified atom stereocenters. The van der Waals surface area contributed by atoms with Gasteiger partial charge in [0.1, 0.15) is 0 Å². The van der Waals surface area contributed by atoms with Crippen LogP contribution >= 0.6 is 0 Å². The molecule has 0 spiro atoms. The SMILES string of the molecule is CCOC(=O)c1ccc(NC(=O)C2CCN(C)CC2)cc1. The van der Waals surface area contributed by atoms with Crippen LogP contribution in [0.25, 0.3) is 0 Å². The monoisotopic (exact) mass is 290 g/mol. The molecule has 0 saturated carbocycles. The molecular weight excluding hydrogens is 268 g/mol. The molecule has 1 aromatic carbocycles. The van der Waals surface area contributed by atoms with Crippen molar-refractivity contribution in [1.82, 2.24) is 4.90 Å². The highest BCUT2D eigenvalue weighted by atomic mass is 16.5. The molecule has 1 aliphatic heterocycles. The summed E-state index contributed by atoms with van der Waals surface area (Å²) in [6.07, 6.45) is 1.78. The molecule has 1 aromatic rings. The first-order valence-corrected chi connectivity index (χ1v) is 7.36. The fourth-order valence-corrected chi connectivity index (χ4v) is 2.42. The molecule has 1 heterocycles. The van der Waals surface area contributed by atoms with Crippen LogP contribution in [0.2, 0.25) is 0 Å². The number of rotatable bonds is 4. The van der Waals surface area contributed by atoms with Crippen LogP contribution in [0.1, 0.15) is 30.1 Å². The van der Waals surface area contributed by atoms with E-state index in [2.05, 4.69) is 17.3 Å². The van der Waals surface area contributed by atoms with Gasteiger partial charge in [0.05, 0.1) is 12.2 Å². The molecule has 2 rings (SSSR count). The number of ether oxygens (including phenoxy) is 1. The largest absolute Gasteiger partial charge is 0.462 e. The maximum atomic E-state index is 12.2. The summed E-state index contributed by atoms with van der Waals surface area (Å²) < 4.78 is 4.92. The van der Waals surface area contributed by atoms with Crippen molar-refractivity contribution in [2.24, 2.45) is 5.92 Å². The fourth-order valence-electron chi connectivity index (χ4n) is 2.42. The van der Waals surface area contributed by atoms with Gasteiger partial charge < -0.3 is 15.0 Å². The molecule has 0 bridgehead atoms. The zero-order valence-corrected chi connectivity index (χ0v) is 12.6. The topological polar surface area (TPSA) is 58.6 Å². The number of benzene rings is 1. The molecule has 1 fully saturated rings. The Bertz CT molecular complexity index is 491. The van der Waals surface area contributed by atoms with E-state index in [0.717, 1.165) is 25.9 Å². The van der Waals surface area contributed by atoms with Gasteiger partial charge in [0, 0.05) is 11.6 Å². The number of carbonyl (C=O) groups is 2. The third-order valence-electron chi connectivity index (χ3n) is 3.75. The van der Waals surface area contributed by atoms with Gasteiger partial charge in [-0.05, 0) is 64.2 Å². The summed E-state index contributed by atoms with van der Waals surface area (Å²) >= 11 is 0. The van der Waals surface area contributed by atoms with Crippen LogP contribution in [0.3, 0.4) is 0 Å². The highest BCUT2D eigenvalue weighted by Gasteiger charge is 2.23. The van der Waals surface area contributed by atoms with Gasteiger partial charge in [0.15, 0.2) is 0 Å². The molecule has 5 nitrogen and oxygen atoms in total. The summed E-state index contributed by atoms with van der Waals surface area (Å²) in [6, 6.07) is 6.81. The standard InChI is InChI=1S/C16H22N2O3/c1-3-21-16(20)13-4-6-14(7-5-13)17-15(19)12-8-10-18(2)11-9-12/h4-7,12H,3,8-11H2,1-2H3,(H,17,19). The number of anilines is 1. The van der Waals surface area contributed by atoms with Crippen molar-refractivity contribution in [2.75, 3.05) is 32.1 Å². The third kappa shape index (κ3) is 4.29. The van der Waals surface area contributed by atoms with E-state index in [4.69, 9.17) is 4.74 Å². The van der Waals surface area contributed by atoms with Gasteiger partial charge in [0.2, 0.25) is 5.91 Å². The summed E-state index contributed by atoms with van der Waals surface area (Å²) in [4.78, 5) is 26.0. The molecule has 1 saturated heterocycles. The maximum Gasteiger partial charge on any atom is 0.338 e. The minimum absolute atomic E-state index is 0.0620. The van der Waals surface area contributed by atoms with Crippen molar-refractivity contribution in [1.29, 1.82) is 0 Å². The number of nitrogens with one attached hydrogen (secondary N) is 1. The first kappa shape index (κ1) is 15.5. The van der Waals surface area contributed by atoms with Crippen LogP contribution in [-0.4, -0.2) is 43.5 Å². The lowest BCUT2D eigenvalue weighted by Crippen LogP contribution is -2.35. The van der Waals surface area contributed by atoms with Crippen molar-refractivity contribution in [3.05, 3.63) is 29.8 Å². The van der Waals surface area contributed by atoms with E-state index in [1.54, 1.807) is 31.2 Å². The van der Waals surface area contributed by atoms with Gasteiger partial charge in [-0.15, -0.1) is 0 Å². The zero-order chi connectivity index (χ0) is 15.2. The van der Waals surface area contributed by atoms with Crippen LogP contribution < -0.4 is 5.32 Å². The van der Waals surface area contributed by atoms with Crippen molar-refractivity contribution in [3.63, 3.8) is 0 Å². The number of esters is 1. The number of piperidine rings is 1. The number of hydrogen-bond acceptors (Lipinski definition) is 4. The Morgan fingerprint density at radius 3 is 2.43 bits per heavy atom. The molecule has 1 aliphatic rings. The average Bonchev–Trinajstić information content (AvgIpc) is 2.49. The number of nitrogens with zero attached hydrogens (tertiary/aromatic N) is 1. The second kappa shape index (κ2) is 7.22. The van der Waals surface area contributed by atoms with E-state index >= 15 is 0 Å². The van der Waals surface area contributed by atoms with E-state index in [0.29, 0.717) is 17.9 Å². The lowest BCUT2D eigenvalue weighted by Gasteiger charge is -2.28. The predicted octanol–water partition coefficient (Wildman–Crippen LogP) is 2.14. The molecule has 0 radical (unpaired) electrons. The Morgan fingerprint density at radius 2 is 1.86 bits per heavy atom. The van der Waals surface area contributed by atoms with E-state index in [1.165, 1.54) is 0 Å². The molecule has 21 heavy (non-hydrogen) atoms. The predicted molar refractivity (Wildman–Crippen MR) is 81.2 cm³/mol. The Hall–Kier alpha value is -1.88.